The molecule has 1 amide bonds. The fourth-order valence-electron chi connectivity index (χ4n) is 3.08. The Morgan fingerprint density at radius 3 is 2.97 bits per heavy atom. The van der Waals surface area contributed by atoms with Gasteiger partial charge in [-0.15, -0.1) is 10.2 Å². The number of halogens is 1. The molecule has 0 fully saturated rings. The Labute approximate surface area is 170 Å². The van der Waals surface area contributed by atoms with Crippen molar-refractivity contribution >= 4 is 34.1 Å². The minimum absolute atomic E-state index is 0.253. The zero-order chi connectivity index (χ0) is 20.5. The van der Waals surface area contributed by atoms with E-state index in [2.05, 4.69) is 15.5 Å². The van der Waals surface area contributed by atoms with Gasteiger partial charge in [-0.2, -0.15) is 0 Å². The third-order valence-corrected chi connectivity index (χ3v) is 4.76. The smallest absolute Gasteiger partial charge is 0.336 e. The summed E-state index contributed by atoms with van der Waals surface area (Å²) in [5.74, 6) is 0.505. The molecule has 9 heteroatoms. The van der Waals surface area contributed by atoms with Crippen LogP contribution in [0, 0.1) is 6.92 Å². The van der Waals surface area contributed by atoms with Gasteiger partial charge in [0.2, 0.25) is 0 Å². The third kappa shape index (κ3) is 3.79. The Kier molecular flexibility index (Phi) is 4.94. The lowest BCUT2D eigenvalue weighted by Gasteiger charge is -2.14. The normalized spacial score (nSPS) is 12.2. The van der Waals surface area contributed by atoms with Crippen molar-refractivity contribution in [2.24, 2.45) is 0 Å². The highest BCUT2D eigenvalue weighted by atomic mass is 35.5. The van der Waals surface area contributed by atoms with Gasteiger partial charge in [-0.1, -0.05) is 17.7 Å². The van der Waals surface area contributed by atoms with E-state index in [4.69, 9.17) is 20.8 Å². The standard InChI is InChI=1S/C20H17ClN4O4/c1-11-7-19(27)29-15-9-16(14(21)8-13(11)15)28-10-18(26)22-12(2)20-24-23-17-5-3-4-6-25(17)20/h3-9,12H,10H2,1-2H3,(H,22,26)/t12-/m1/s1. The molecule has 29 heavy (non-hydrogen) atoms. The van der Waals surface area contributed by atoms with Gasteiger partial charge >= 0.3 is 5.63 Å². The number of amides is 1. The lowest BCUT2D eigenvalue weighted by Crippen LogP contribution is -2.32. The quantitative estimate of drug-likeness (QED) is 0.506. The van der Waals surface area contributed by atoms with E-state index >= 15 is 0 Å². The molecule has 0 saturated carbocycles. The highest BCUT2D eigenvalue weighted by Gasteiger charge is 2.17. The zero-order valence-electron chi connectivity index (χ0n) is 15.7. The van der Waals surface area contributed by atoms with E-state index in [1.165, 1.54) is 12.1 Å². The van der Waals surface area contributed by atoms with Crippen molar-refractivity contribution in [3.63, 3.8) is 0 Å². The number of benzene rings is 1. The fourth-order valence-corrected chi connectivity index (χ4v) is 3.29. The van der Waals surface area contributed by atoms with Crippen LogP contribution in [-0.4, -0.2) is 27.1 Å². The number of pyridine rings is 1. The summed E-state index contributed by atoms with van der Waals surface area (Å²) in [5, 5.41) is 12.0. The lowest BCUT2D eigenvalue weighted by atomic mass is 10.1. The van der Waals surface area contributed by atoms with Crippen molar-refractivity contribution in [2.75, 3.05) is 6.61 Å². The van der Waals surface area contributed by atoms with E-state index in [1.807, 2.05) is 31.3 Å². The summed E-state index contributed by atoms with van der Waals surface area (Å²) in [4.78, 5) is 23.9. The molecule has 0 spiro atoms. The van der Waals surface area contributed by atoms with Crippen LogP contribution < -0.4 is 15.7 Å². The first-order valence-corrected chi connectivity index (χ1v) is 9.26. The van der Waals surface area contributed by atoms with Crippen molar-refractivity contribution in [3.8, 4) is 5.75 Å². The Bertz CT molecular complexity index is 1280. The first-order chi connectivity index (χ1) is 13.9. The molecule has 8 nitrogen and oxygen atoms in total. The topological polar surface area (TPSA) is 98.7 Å². The molecular weight excluding hydrogens is 396 g/mol. The molecule has 0 saturated heterocycles. The number of carbonyl (C=O) groups excluding carboxylic acids is 1. The molecular formula is C20H17ClN4O4. The minimum Gasteiger partial charge on any atom is -0.482 e. The first-order valence-electron chi connectivity index (χ1n) is 8.88. The molecule has 1 atom stereocenters. The Morgan fingerprint density at radius 1 is 1.31 bits per heavy atom. The number of hydrogen-bond acceptors (Lipinski definition) is 6. The maximum absolute atomic E-state index is 12.3. The van der Waals surface area contributed by atoms with Crippen molar-refractivity contribution < 1.29 is 13.9 Å². The van der Waals surface area contributed by atoms with Gasteiger partial charge in [-0.05, 0) is 37.6 Å². The molecule has 1 N–H and O–H groups in total. The number of aryl methyl sites for hydroxylation is 1. The second-order valence-corrected chi connectivity index (χ2v) is 7.00. The second kappa shape index (κ2) is 7.56. The van der Waals surface area contributed by atoms with E-state index in [1.54, 1.807) is 17.4 Å². The number of ether oxygens (including phenoxy) is 1. The van der Waals surface area contributed by atoms with E-state index in [-0.39, 0.29) is 24.3 Å². The Hall–Kier alpha value is -3.39. The number of nitrogens with zero attached hydrogens (tertiary/aromatic N) is 3. The molecule has 3 aromatic heterocycles. The average molecular weight is 413 g/mol. The number of aromatic nitrogens is 3. The Balaban J connectivity index is 1.47. The zero-order valence-corrected chi connectivity index (χ0v) is 16.4. The largest absolute Gasteiger partial charge is 0.482 e. The van der Waals surface area contributed by atoms with Crippen molar-refractivity contribution in [3.05, 3.63) is 69.4 Å². The van der Waals surface area contributed by atoms with Crippen LogP contribution in [0.2, 0.25) is 5.02 Å². The van der Waals surface area contributed by atoms with Crippen LogP contribution in [0.5, 0.6) is 5.75 Å². The number of hydrogen-bond donors (Lipinski definition) is 1. The number of rotatable bonds is 5. The van der Waals surface area contributed by atoms with Crippen molar-refractivity contribution in [1.29, 1.82) is 0 Å². The second-order valence-electron chi connectivity index (χ2n) is 6.59. The summed E-state index contributed by atoms with van der Waals surface area (Å²) < 4.78 is 12.5. The van der Waals surface area contributed by atoms with Crippen LogP contribution in [0.3, 0.4) is 0 Å². The minimum atomic E-state index is -0.463. The van der Waals surface area contributed by atoms with E-state index in [9.17, 15) is 9.59 Å². The highest BCUT2D eigenvalue weighted by Crippen LogP contribution is 2.31. The van der Waals surface area contributed by atoms with Gasteiger partial charge in [0.05, 0.1) is 11.1 Å². The number of carbonyl (C=O) groups is 1. The number of fused-ring (bicyclic) bond motifs is 2. The summed E-state index contributed by atoms with van der Waals surface area (Å²) in [6, 6.07) is 9.72. The molecule has 0 aliphatic heterocycles. The van der Waals surface area contributed by atoms with Gasteiger partial charge in [0.1, 0.15) is 11.3 Å². The predicted molar refractivity (Wildman–Crippen MR) is 107 cm³/mol. The van der Waals surface area contributed by atoms with Crippen molar-refractivity contribution in [2.45, 2.75) is 19.9 Å². The summed E-state index contributed by atoms with van der Waals surface area (Å²) in [6.07, 6.45) is 1.83. The molecule has 4 aromatic rings. The molecule has 0 aliphatic rings. The molecule has 0 aliphatic carbocycles. The van der Waals surface area contributed by atoms with Crippen LogP contribution in [0.4, 0.5) is 0 Å². The average Bonchev–Trinajstić information content (AvgIpc) is 3.11. The monoisotopic (exact) mass is 412 g/mol. The van der Waals surface area contributed by atoms with Crippen LogP contribution >= 0.6 is 11.6 Å². The maximum atomic E-state index is 12.3. The van der Waals surface area contributed by atoms with Crippen LogP contribution in [0.25, 0.3) is 16.6 Å². The lowest BCUT2D eigenvalue weighted by molar-refractivity contribution is -0.123. The predicted octanol–water partition coefficient (Wildman–Crippen LogP) is 3.05. The summed E-state index contributed by atoms with van der Waals surface area (Å²) in [5.41, 5.74) is 1.32. The molecule has 4 rings (SSSR count). The van der Waals surface area contributed by atoms with Crippen LogP contribution in [0.1, 0.15) is 24.4 Å². The van der Waals surface area contributed by atoms with Crippen LogP contribution in [-0.2, 0) is 4.79 Å². The highest BCUT2D eigenvalue weighted by molar-refractivity contribution is 6.32. The number of nitrogens with one attached hydrogen (secondary N) is 1. The van der Waals surface area contributed by atoms with E-state index in [0.29, 0.717) is 27.5 Å². The maximum Gasteiger partial charge on any atom is 0.336 e. The first kappa shape index (κ1) is 18.9. The van der Waals surface area contributed by atoms with Gasteiger partial charge in [0.25, 0.3) is 5.91 Å². The molecule has 0 unspecified atom stereocenters. The van der Waals surface area contributed by atoms with Gasteiger partial charge in [0.15, 0.2) is 18.1 Å². The summed E-state index contributed by atoms with van der Waals surface area (Å²) in [7, 11) is 0. The van der Waals surface area contributed by atoms with Gasteiger partial charge in [0, 0.05) is 23.7 Å². The molecule has 1 aromatic carbocycles. The SMILES string of the molecule is Cc1cc(=O)oc2cc(OCC(=O)N[C@H](C)c3nnc4ccccn34)c(Cl)cc12. The Morgan fingerprint density at radius 2 is 2.14 bits per heavy atom. The van der Waals surface area contributed by atoms with E-state index in [0.717, 1.165) is 5.56 Å². The molecule has 3 heterocycles. The summed E-state index contributed by atoms with van der Waals surface area (Å²) >= 11 is 6.25. The van der Waals surface area contributed by atoms with Crippen molar-refractivity contribution in [1.82, 2.24) is 19.9 Å². The van der Waals surface area contributed by atoms with Crippen LogP contribution in [0.15, 0.2) is 51.8 Å². The van der Waals surface area contributed by atoms with Gasteiger partial charge < -0.3 is 14.5 Å². The van der Waals surface area contributed by atoms with Gasteiger partial charge in [-0.25, -0.2) is 4.79 Å². The molecule has 148 valence electrons. The third-order valence-electron chi connectivity index (χ3n) is 4.47. The van der Waals surface area contributed by atoms with Gasteiger partial charge in [-0.3, -0.25) is 9.20 Å². The van der Waals surface area contributed by atoms with E-state index < -0.39 is 5.63 Å². The fraction of sp³-hybridized carbons (Fsp3) is 0.200. The molecule has 0 radical (unpaired) electrons. The summed E-state index contributed by atoms with van der Waals surface area (Å²) in [6.45, 7) is 3.34. The molecule has 0 bridgehead atoms.